The van der Waals surface area contributed by atoms with Crippen LogP contribution >= 0.6 is 11.6 Å². The van der Waals surface area contributed by atoms with Crippen LogP contribution in [0.5, 0.6) is 5.75 Å². The lowest BCUT2D eigenvalue weighted by molar-refractivity contribution is 0.314. The van der Waals surface area contributed by atoms with Gasteiger partial charge in [0.1, 0.15) is 18.1 Å². The summed E-state index contributed by atoms with van der Waals surface area (Å²) in [7, 11) is 0. The molecule has 0 bridgehead atoms. The predicted molar refractivity (Wildman–Crippen MR) is 84.9 cm³/mol. The van der Waals surface area contributed by atoms with Gasteiger partial charge in [0.05, 0.1) is 12.8 Å². The van der Waals surface area contributed by atoms with Gasteiger partial charge in [-0.1, -0.05) is 35.9 Å². The highest BCUT2D eigenvalue weighted by Crippen LogP contribution is 2.31. The lowest BCUT2D eigenvalue weighted by atomic mass is 10.1. The molecule has 108 valence electrons. The van der Waals surface area contributed by atoms with Crippen LogP contribution < -0.4 is 10.1 Å². The second kappa shape index (κ2) is 6.66. The van der Waals surface area contributed by atoms with Crippen LogP contribution in [0, 0.1) is 0 Å². The molecule has 0 saturated carbocycles. The summed E-state index contributed by atoms with van der Waals surface area (Å²) in [5.74, 6) is 1.78. The first-order valence-corrected chi connectivity index (χ1v) is 7.25. The Kier molecular flexibility index (Phi) is 4.43. The van der Waals surface area contributed by atoms with Crippen molar-refractivity contribution in [3.63, 3.8) is 0 Å². The van der Waals surface area contributed by atoms with Gasteiger partial charge >= 0.3 is 0 Å². The summed E-state index contributed by atoms with van der Waals surface area (Å²) >= 11 is 6.19. The summed E-state index contributed by atoms with van der Waals surface area (Å²) in [5.41, 5.74) is 0. The summed E-state index contributed by atoms with van der Waals surface area (Å²) < 4.78 is 11.1. The standard InChI is InChI=1S/C17H16ClNO2/c18-16-7-8-17(15-6-2-1-5-14(15)16)21-11-9-19-12-13-4-3-10-20-13/h1-8,10,19H,9,11-12H2. The van der Waals surface area contributed by atoms with Crippen molar-refractivity contribution < 1.29 is 9.15 Å². The lowest BCUT2D eigenvalue weighted by Gasteiger charge is -2.10. The SMILES string of the molecule is Clc1ccc(OCCNCc2ccco2)c2ccccc12. The fraction of sp³-hybridized carbons (Fsp3) is 0.176. The minimum Gasteiger partial charge on any atom is -0.492 e. The molecule has 1 aromatic heterocycles. The van der Waals surface area contributed by atoms with Crippen molar-refractivity contribution in [2.24, 2.45) is 0 Å². The van der Waals surface area contributed by atoms with Crippen LogP contribution in [0.1, 0.15) is 5.76 Å². The van der Waals surface area contributed by atoms with Gasteiger partial charge in [-0.2, -0.15) is 0 Å². The Hall–Kier alpha value is -1.97. The number of rotatable bonds is 6. The second-order valence-electron chi connectivity index (χ2n) is 4.70. The van der Waals surface area contributed by atoms with E-state index < -0.39 is 0 Å². The molecule has 0 aliphatic carbocycles. The number of halogens is 1. The lowest BCUT2D eigenvalue weighted by Crippen LogP contribution is -2.20. The number of hydrogen-bond donors (Lipinski definition) is 1. The Balaban J connectivity index is 1.57. The van der Waals surface area contributed by atoms with Gasteiger partial charge < -0.3 is 14.5 Å². The third kappa shape index (κ3) is 3.38. The molecular formula is C17H16ClNO2. The summed E-state index contributed by atoms with van der Waals surface area (Å²) in [6, 6.07) is 15.6. The van der Waals surface area contributed by atoms with Crippen molar-refractivity contribution in [3.8, 4) is 5.75 Å². The van der Waals surface area contributed by atoms with E-state index in [1.807, 2.05) is 48.5 Å². The zero-order valence-corrected chi connectivity index (χ0v) is 12.3. The summed E-state index contributed by atoms with van der Waals surface area (Å²) in [5, 5.41) is 6.07. The first-order chi connectivity index (χ1) is 10.3. The Bertz CT molecular complexity index is 710. The molecule has 0 saturated heterocycles. The Morgan fingerprint density at radius 3 is 2.67 bits per heavy atom. The summed E-state index contributed by atoms with van der Waals surface area (Å²) in [4.78, 5) is 0. The quantitative estimate of drug-likeness (QED) is 0.691. The molecule has 4 heteroatoms. The van der Waals surface area contributed by atoms with E-state index in [0.717, 1.165) is 33.8 Å². The number of furan rings is 1. The van der Waals surface area contributed by atoms with Gasteiger partial charge in [-0.25, -0.2) is 0 Å². The van der Waals surface area contributed by atoms with Gasteiger partial charge in [0.15, 0.2) is 0 Å². The van der Waals surface area contributed by atoms with Crippen molar-refractivity contribution in [1.82, 2.24) is 5.32 Å². The molecule has 0 aliphatic heterocycles. The first kappa shape index (κ1) is 14.0. The number of benzene rings is 2. The molecule has 3 nitrogen and oxygen atoms in total. The van der Waals surface area contributed by atoms with Crippen LogP contribution in [-0.4, -0.2) is 13.2 Å². The Morgan fingerprint density at radius 2 is 1.86 bits per heavy atom. The number of fused-ring (bicyclic) bond motifs is 1. The van der Waals surface area contributed by atoms with Crippen molar-refractivity contribution in [3.05, 3.63) is 65.6 Å². The van der Waals surface area contributed by atoms with Crippen LogP contribution in [0.4, 0.5) is 0 Å². The van der Waals surface area contributed by atoms with Crippen molar-refractivity contribution in [1.29, 1.82) is 0 Å². The van der Waals surface area contributed by atoms with Gasteiger partial charge in [-0.05, 0) is 24.3 Å². The van der Waals surface area contributed by atoms with Crippen LogP contribution in [0.15, 0.2) is 59.2 Å². The molecule has 0 aliphatic rings. The van der Waals surface area contributed by atoms with E-state index in [-0.39, 0.29) is 0 Å². The number of hydrogen-bond acceptors (Lipinski definition) is 3. The molecule has 21 heavy (non-hydrogen) atoms. The topological polar surface area (TPSA) is 34.4 Å². The highest BCUT2D eigenvalue weighted by Gasteiger charge is 2.05. The largest absolute Gasteiger partial charge is 0.492 e. The van der Waals surface area contributed by atoms with E-state index in [1.165, 1.54) is 0 Å². The van der Waals surface area contributed by atoms with E-state index >= 15 is 0 Å². The number of nitrogens with one attached hydrogen (secondary N) is 1. The minimum absolute atomic E-state index is 0.590. The molecule has 0 spiro atoms. The highest BCUT2D eigenvalue weighted by molar-refractivity contribution is 6.35. The maximum absolute atomic E-state index is 6.19. The van der Waals surface area contributed by atoms with Crippen molar-refractivity contribution in [2.75, 3.05) is 13.2 Å². The van der Waals surface area contributed by atoms with Crippen molar-refractivity contribution in [2.45, 2.75) is 6.54 Å². The summed E-state index contributed by atoms with van der Waals surface area (Å²) in [6.45, 7) is 2.04. The molecule has 0 amide bonds. The monoisotopic (exact) mass is 301 g/mol. The van der Waals surface area contributed by atoms with Crippen LogP contribution in [0.3, 0.4) is 0 Å². The predicted octanol–water partition coefficient (Wildman–Crippen LogP) is 4.25. The van der Waals surface area contributed by atoms with E-state index in [1.54, 1.807) is 6.26 Å². The van der Waals surface area contributed by atoms with E-state index in [2.05, 4.69) is 5.32 Å². The third-order valence-electron chi connectivity index (χ3n) is 3.25. The molecular weight excluding hydrogens is 286 g/mol. The first-order valence-electron chi connectivity index (χ1n) is 6.88. The highest BCUT2D eigenvalue weighted by atomic mass is 35.5. The zero-order valence-electron chi connectivity index (χ0n) is 11.5. The molecule has 0 unspecified atom stereocenters. The fourth-order valence-corrected chi connectivity index (χ4v) is 2.45. The van der Waals surface area contributed by atoms with Crippen LogP contribution in [-0.2, 0) is 6.54 Å². The van der Waals surface area contributed by atoms with Gasteiger partial charge in [0.25, 0.3) is 0 Å². The van der Waals surface area contributed by atoms with Gasteiger partial charge in [-0.3, -0.25) is 0 Å². The normalized spacial score (nSPS) is 10.9. The molecule has 0 fully saturated rings. The maximum atomic E-state index is 6.19. The van der Waals surface area contributed by atoms with Crippen molar-refractivity contribution >= 4 is 22.4 Å². The average molecular weight is 302 g/mol. The summed E-state index contributed by atoms with van der Waals surface area (Å²) in [6.07, 6.45) is 1.67. The second-order valence-corrected chi connectivity index (χ2v) is 5.10. The van der Waals surface area contributed by atoms with E-state index in [0.29, 0.717) is 13.2 Å². The Labute approximate surface area is 128 Å². The van der Waals surface area contributed by atoms with Gasteiger partial charge in [-0.15, -0.1) is 0 Å². The zero-order chi connectivity index (χ0) is 14.5. The average Bonchev–Trinajstić information content (AvgIpc) is 3.03. The van der Waals surface area contributed by atoms with Gasteiger partial charge in [0.2, 0.25) is 0 Å². The van der Waals surface area contributed by atoms with E-state index in [4.69, 9.17) is 20.8 Å². The molecule has 2 aromatic carbocycles. The van der Waals surface area contributed by atoms with E-state index in [9.17, 15) is 0 Å². The van der Waals surface area contributed by atoms with Gasteiger partial charge in [0, 0.05) is 22.3 Å². The molecule has 3 rings (SSSR count). The molecule has 1 heterocycles. The minimum atomic E-state index is 0.590. The molecule has 0 radical (unpaired) electrons. The third-order valence-corrected chi connectivity index (χ3v) is 3.58. The fourth-order valence-electron chi connectivity index (χ4n) is 2.22. The van der Waals surface area contributed by atoms with Crippen LogP contribution in [0.2, 0.25) is 5.02 Å². The Morgan fingerprint density at radius 1 is 1.00 bits per heavy atom. The number of ether oxygens (including phenoxy) is 1. The molecule has 3 aromatic rings. The van der Waals surface area contributed by atoms with Crippen LogP contribution in [0.25, 0.3) is 10.8 Å². The maximum Gasteiger partial charge on any atom is 0.127 e. The smallest absolute Gasteiger partial charge is 0.127 e. The molecule has 0 atom stereocenters. The molecule has 1 N–H and O–H groups in total.